The molecule has 0 spiro atoms. The standard InChI is InChI=1S/C19H18N2O3/c1-24-16-10-12(7-9-15(16)22)17-14-8-6-11-4-2-3-5-13(11)18(14)21-19(23)20-17/h2-5,7,9-10,14,17,22H,6,8H2,1H3,(H,20,23). The molecule has 5 nitrogen and oxygen atoms in total. The Bertz CT molecular complexity index is 844. The molecular formula is C19H18N2O3. The van der Waals surface area contributed by atoms with Crippen molar-refractivity contribution in [2.24, 2.45) is 10.9 Å². The molecule has 1 aliphatic carbocycles. The maximum Gasteiger partial charge on any atom is 0.341 e. The maximum atomic E-state index is 12.2. The van der Waals surface area contributed by atoms with Gasteiger partial charge in [-0.1, -0.05) is 30.3 Å². The molecule has 122 valence electrons. The van der Waals surface area contributed by atoms with Crippen LogP contribution in [0.4, 0.5) is 4.79 Å². The number of methoxy groups -OCH3 is 1. The van der Waals surface area contributed by atoms with Crippen LogP contribution in [0.2, 0.25) is 0 Å². The summed E-state index contributed by atoms with van der Waals surface area (Å²) in [6, 6.07) is 12.8. The Labute approximate surface area is 140 Å². The number of hydrogen-bond acceptors (Lipinski definition) is 3. The molecule has 1 aliphatic heterocycles. The zero-order chi connectivity index (χ0) is 16.7. The molecule has 2 aliphatic rings. The van der Waals surface area contributed by atoms with Crippen molar-refractivity contribution < 1.29 is 14.6 Å². The molecule has 1 heterocycles. The van der Waals surface area contributed by atoms with Crippen molar-refractivity contribution >= 4 is 11.7 Å². The van der Waals surface area contributed by atoms with E-state index in [0.717, 1.165) is 29.7 Å². The third-order valence-electron chi connectivity index (χ3n) is 4.84. The van der Waals surface area contributed by atoms with Crippen LogP contribution in [0.25, 0.3) is 0 Å². The number of urea groups is 1. The average molecular weight is 322 g/mol. The van der Waals surface area contributed by atoms with Crippen LogP contribution in [0.15, 0.2) is 47.5 Å². The lowest BCUT2D eigenvalue weighted by Crippen LogP contribution is -2.43. The van der Waals surface area contributed by atoms with Gasteiger partial charge >= 0.3 is 6.03 Å². The fraction of sp³-hybridized carbons (Fsp3) is 0.263. The summed E-state index contributed by atoms with van der Waals surface area (Å²) < 4.78 is 5.20. The van der Waals surface area contributed by atoms with E-state index in [0.29, 0.717) is 5.75 Å². The van der Waals surface area contributed by atoms with Crippen LogP contribution in [0.3, 0.4) is 0 Å². The summed E-state index contributed by atoms with van der Waals surface area (Å²) in [4.78, 5) is 16.4. The van der Waals surface area contributed by atoms with Gasteiger partial charge in [-0.2, -0.15) is 4.99 Å². The predicted molar refractivity (Wildman–Crippen MR) is 90.7 cm³/mol. The maximum absolute atomic E-state index is 12.2. The monoisotopic (exact) mass is 322 g/mol. The number of aryl methyl sites for hydroxylation is 1. The summed E-state index contributed by atoms with van der Waals surface area (Å²) >= 11 is 0. The minimum atomic E-state index is -0.324. The quantitative estimate of drug-likeness (QED) is 0.892. The van der Waals surface area contributed by atoms with Crippen molar-refractivity contribution in [3.8, 4) is 11.5 Å². The van der Waals surface area contributed by atoms with Crippen molar-refractivity contribution in [1.82, 2.24) is 5.32 Å². The number of ether oxygens (including phenoxy) is 1. The summed E-state index contributed by atoms with van der Waals surface area (Å²) in [6.07, 6.45) is 1.88. The summed E-state index contributed by atoms with van der Waals surface area (Å²) in [5.41, 5.74) is 4.08. The number of aliphatic imine (C=N–C) groups is 1. The van der Waals surface area contributed by atoms with E-state index in [-0.39, 0.29) is 23.7 Å². The van der Waals surface area contributed by atoms with Gasteiger partial charge in [-0.25, -0.2) is 4.79 Å². The molecule has 0 bridgehead atoms. The first-order valence-corrected chi connectivity index (χ1v) is 8.01. The highest BCUT2D eigenvalue weighted by molar-refractivity contribution is 6.11. The first kappa shape index (κ1) is 14.8. The van der Waals surface area contributed by atoms with E-state index in [9.17, 15) is 9.90 Å². The molecule has 24 heavy (non-hydrogen) atoms. The topological polar surface area (TPSA) is 70.9 Å². The Morgan fingerprint density at radius 2 is 2.08 bits per heavy atom. The largest absolute Gasteiger partial charge is 0.504 e. The van der Waals surface area contributed by atoms with Crippen LogP contribution in [-0.2, 0) is 6.42 Å². The average Bonchev–Trinajstić information content (AvgIpc) is 2.61. The van der Waals surface area contributed by atoms with E-state index in [1.807, 2.05) is 24.3 Å². The van der Waals surface area contributed by atoms with Crippen LogP contribution in [0, 0.1) is 5.92 Å². The fourth-order valence-corrected chi connectivity index (χ4v) is 3.68. The lowest BCUT2D eigenvalue weighted by atomic mass is 9.75. The number of amides is 2. The van der Waals surface area contributed by atoms with Gasteiger partial charge in [0, 0.05) is 5.92 Å². The molecule has 0 saturated carbocycles. The van der Waals surface area contributed by atoms with E-state index in [1.54, 1.807) is 12.1 Å². The number of carbonyl (C=O) groups is 1. The van der Waals surface area contributed by atoms with Gasteiger partial charge in [0.15, 0.2) is 11.5 Å². The Balaban J connectivity index is 1.78. The molecule has 2 unspecified atom stereocenters. The SMILES string of the molecule is COc1cc(C2NC(=O)N=C3c4ccccc4CCC32)ccc1O. The highest BCUT2D eigenvalue weighted by Crippen LogP contribution is 2.39. The minimum Gasteiger partial charge on any atom is -0.504 e. The van der Waals surface area contributed by atoms with Crippen LogP contribution in [0.1, 0.15) is 29.2 Å². The fourth-order valence-electron chi connectivity index (χ4n) is 3.68. The van der Waals surface area contributed by atoms with E-state index < -0.39 is 0 Å². The molecule has 2 aromatic rings. The molecule has 0 radical (unpaired) electrons. The van der Waals surface area contributed by atoms with Gasteiger partial charge in [0.25, 0.3) is 0 Å². The van der Waals surface area contributed by atoms with Crippen molar-refractivity contribution in [3.63, 3.8) is 0 Å². The van der Waals surface area contributed by atoms with Gasteiger partial charge in [0.05, 0.1) is 18.9 Å². The summed E-state index contributed by atoms with van der Waals surface area (Å²) in [7, 11) is 1.52. The van der Waals surface area contributed by atoms with Crippen LogP contribution >= 0.6 is 0 Å². The van der Waals surface area contributed by atoms with Crippen molar-refractivity contribution in [2.75, 3.05) is 7.11 Å². The number of nitrogens with zero attached hydrogens (tertiary/aromatic N) is 1. The Hall–Kier alpha value is -2.82. The van der Waals surface area contributed by atoms with E-state index in [4.69, 9.17) is 4.74 Å². The molecule has 2 atom stereocenters. The molecule has 0 aromatic heterocycles. The Kier molecular flexibility index (Phi) is 3.49. The number of nitrogens with one attached hydrogen (secondary N) is 1. The minimum absolute atomic E-state index is 0.0891. The van der Waals surface area contributed by atoms with Crippen LogP contribution in [0.5, 0.6) is 11.5 Å². The van der Waals surface area contributed by atoms with Gasteiger partial charge in [-0.3, -0.25) is 0 Å². The van der Waals surface area contributed by atoms with Crippen molar-refractivity contribution in [1.29, 1.82) is 0 Å². The molecule has 0 fully saturated rings. The molecule has 5 heteroatoms. The first-order chi connectivity index (χ1) is 11.7. The van der Waals surface area contributed by atoms with E-state index in [2.05, 4.69) is 16.4 Å². The zero-order valence-corrected chi connectivity index (χ0v) is 13.3. The van der Waals surface area contributed by atoms with E-state index >= 15 is 0 Å². The van der Waals surface area contributed by atoms with E-state index in [1.165, 1.54) is 12.7 Å². The molecule has 2 aromatic carbocycles. The summed E-state index contributed by atoms with van der Waals surface area (Å²) in [5.74, 6) is 0.611. The molecular weight excluding hydrogens is 304 g/mol. The highest BCUT2D eigenvalue weighted by atomic mass is 16.5. The predicted octanol–water partition coefficient (Wildman–Crippen LogP) is 3.22. The lowest BCUT2D eigenvalue weighted by molar-refractivity contribution is 0.239. The molecule has 2 amide bonds. The van der Waals surface area contributed by atoms with Gasteiger partial charge in [-0.05, 0) is 41.7 Å². The van der Waals surface area contributed by atoms with Crippen LogP contribution in [-0.4, -0.2) is 24.0 Å². The Morgan fingerprint density at radius 3 is 2.92 bits per heavy atom. The summed E-state index contributed by atoms with van der Waals surface area (Å²) in [6.45, 7) is 0. The number of benzene rings is 2. The second-order valence-corrected chi connectivity index (χ2v) is 6.16. The second kappa shape index (κ2) is 5.67. The van der Waals surface area contributed by atoms with Gasteiger partial charge < -0.3 is 15.2 Å². The number of carbonyl (C=O) groups excluding carboxylic acids is 1. The lowest BCUT2D eigenvalue weighted by Gasteiger charge is -2.36. The number of rotatable bonds is 2. The van der Waals surface area contributed by atoms with Gasteiger partial charge in [0.1, 0.15) is 0 Å². The normalized spacial score (nSPS) is 22.0. The summed E-state index contributed by atoms with van der Waals surface area (Å²) in [5, 5.41) is 12.8. The third-order valence-corrected chi connectivity index (χ3v) is 4.84. The van der Waals surface area contributed by atoms with Crippen molar-refractivity contribution in [2.45, 2.75) is 18.9 Å². The highest BCUT2D eigenvalue weighted by Gasteiger charge is 2.37. The third kappa shape index (κ3) is 2.33. The smallest absolute Gasteiger partial charge is 0.341 e. The van der Waals surface area contributed by atoms with Gasteiger partial charge in [-0.15, -0.1) is 0 Å². The number of aromatic hydroxyl groups is 1. The number of phenolic OH excluding ortho intramolecular Hbond substituents is 1. The molecule has 2 N–H and O–H groups in total. The second-order valence-electron chi connectivity index (χ2n) is 6.16. The molecule has 0 saturated heterocycles. The Morgan fingerprint density at radius 1 is 1.25 bits per heavy atom. The first-order valence-electron chi connectivity index (χ1n) is 8.01. The zero-order valence-electron chi connectivity index (χ0n) is 13.3. The molecule has 4 rings (SSSR count). The number of fused-ring (bicyclic) bond motifs is 3. The van der Waals surface area contributed by atoms with Crippen molar-refractivity contribution in [3.05, 3.63) is 59.2 Å². The van der Waals surface area contributed by atoms with Crippen LogP contribution < -0.4 is 10.1 Å². The van der Waals surface area contributed by atoms with Gasteiger partial charge in [0.2, 0.25) is 0 Å². The number of phenols is 1. The number of hydrogen-bond donors (Lipinski definition) is 2.